The summed E-state index contributed by atoms with van der Waals surface area (Å²) in [4.78, 5) is 12.1. The molecule has 0 spiro atoms. The first kappa shape index (κ1) is 19.6. The molecule has 0 radical (unpaired) electrons. The number of rotatable bonds is 6. The third-order valence-electron chi connectivity index (χ3n) is 4.54. The van der Waals surface area contributed by atoms with Gasteiger partial charge < -0.3 is 5.32 Å². The molecule has 8 nitrogen and oxygen atoms in total. The van der Waals surface area contributed by atoms with E-state index < -0.39 is 32.0 Å². The minimum absolute atomic E-state index is 0.0682. The molecule has 0 aromatic rings. The van der Waals surface area contributed by atoms with E-state index in [1.165, 1.54) is 4.31 Å². The predicted molar refractivity (Wildman–Crippen MR) is 91.3 cm³/mol. The van der Waals surface area contributed by atoms with Crippen molar-refractivity contribution in [2.24, 2.45) is 5.92 Å². The van der Waals surface area contributed by atoms with Crippen molar-refractivity contribution >= 4 is 26.0 Å². The maximum Gasteiger partial charge on any atom is 0.282 e. The third kappa shape index (κ3) is 4.90. The molecule has 140 valence electrons. The molecule has 2 aliphatic rings. The zero-order chi connectivity index (χ0) is 18.0. The van der Waals surface area contributed by atoms with E-state index in [0.717, 1.165) is 17.1 Å². The highest BCUT2D eigenvalue weighted by Crippen LogP contribution is 2.20. The molecule has 2 aliphatic heterocycles. The van der Waals surface area contributed by atoms with Crippen LogP contribution in [-0.4, -0.2) is 75.1 Å². The van der Waals surface area contributed by atoms with E-state index in [4.69, 9.17) is 0 Å². The Kier molecular flexibility index (Phi) is 6.27. The van der Waals surface area contributed by atoms with Crippen LogP contribution in [0.15, 0.2) is 0 Å². The lowest BCUT2D eigenvalue weighted by Gasteiger charge is -2.34. The fraction of sp³-hybridized carbons (Fsp3) is 0.929. The summed E-state index contributed by atoms with van der Waals surface area (Å²) in [5, 5.41) is 2.64. The van der Waals surface area contributed by atoms with Crippen LogP contribution in [0.1, 0.15) is 33.1 Å². The molecule has 10 heteroatoms. The minimum atomic E-state index is -3.67. The number of hydrogen-bond donors (Lipinski definition) is 1. The molecule has 0 bridgehead atoms. The van der Waals surface area contributed by atoms with Crippen LogP contribution in [0, 0.1) is 5.92 Å². The van der Waals surface area contributed by atoms with E-state index in [-0.39, 0.29) is 24.6 Å². The second-order valence-corrected chi connectivity index (χ2v) is 10.9. The summed E-state index contributed by atoms with van der Waals surface area (Å²) in [6.45, 7) is 4.58. The highest BCUT2D eigenvalue weighted by Gasteiger charge is 2.34. The lowest BCUT2D eigenvalue weighted by molar-refractivity contribution is -0.121. The molecular weight excluding hydrogens is 354 g/mol. The molecule has 2 atom stereocenters. The minimum Gasteiger partial charge on any atom is -0.351 e. The van der Waals surface area contributed by atoms with Gasteiger partial charge in [-0.05, 0) is 25.2 Å². The molecule has 1 N–H and O–H groups in total. The Labute approximate surface area is 144 Å². The average Bonchev–Trinajstić information content (AvgIpc) is 2.83. The average molecular weight is 382 g/mol. The van der Waals surface area contributed by atoms with Crippen LogP contribution in [0.3, 0.4) is 0 Å². The summed E-state index contributed by atoms with van der Waals surface area (Å²) in [6, 6.07) is -0.418. The van der Waals surface area contributed by atoms with Crippen LogP contribution < -0.4 is 5.32 Å². The van der Waals surface area contributed by atoms with Crippen molar-refractivity contribution in [2.75, 3.05) is 37.7 Å². The van der Waals surface area contributed by atoms with Crippen molar-refractivity contribution in [3.63, 3.8) is 0 Å². The fourth-order valence-electron chi connectivity index (χ4n) is 3.22. The Morgan fingerprint density at radius 2 is 2.04 bits per heavy atom. The highest BCUT2D eigenvalue weighted by molar-refractivity contribution is 7.91. The molecule has 0 aromatic carbocycles. The summed E-state index contributed by atoms with van der Waals surface area (Å²) >= 11 is 0. The Bertz CT molecular complexity index is 662. The van der Waals surface area contributed by atoms with Gasteiger partial charge in [0.25, 0.3) is 10.2 Å². The van der Waals surface area contributed by atoms with Gasteiger partial charge in [-0.3, -0.25) is 4.79 Å². The number of piperidine rings is 1. The number of likely N-dealkylation sites (N-methyl/N-ethyl adjacent to an activating group) is 1. The van der Waals surface area contributed by atoms with Gasteiger partial charge in [-0.2, -0.15) is 17.0 Å². The number of carbonyl (C=O) groups excluding carboxylic acids is 1. The van der Waals surface area contributed by atoms with Crippen LogP contribution >= 0.6 is 0 Å². The highest BCUT2D eigenvalue weighted by atomic mass is 32.2. The van der Waals surface area contributed by atoms with Crippen molar-refractivity contribution in [1.29, 1.82) is 0 Å². The lowest BCUT2D eigenvalue weighted by Crippen LogP contribution is -2.51. The van der Waals surface area contributed by atoms with Gasteiger partial charge in [-0.1, -0.05) is 13.8 Å². The first-order valence-corrected chi connectivity index (χ1v) is 11.6. The molecule has 2 saturated heterocycles. The normalized spacial score (nSPS) is 28.1. The molecule has 0 aliphatic carbocycles. The van der Waals surface area contributed by atoms with Gasteiger partial charge in [-0.25, -0.2) is 8.42 Å². The first-order valence-electron chi connectivity index (χ1n) is 8.39. The molecule has 0 unspecified atom stereocenters. The van der Waals surface area contributed by atoms with Gasteiger partial charge in [0.15, 0.2) is 9.84 Å². The smallest absolute Gasteiger partial charge is 0.282 e. The molecule has 2 fully saturated rings. The van der Waals surface area contributed by atoms with E-state index in [9.17, 15) is 21.6 Å². The monoisotopic (exact) mass is 381 g/mol. The SMILES string of the molecule is CCN(CC(=O)N[C@H]1CCS(=O)(=O)C1)S(=O)(=O)N1CCC[C@@H](C)C1. The summed E-state index contributed by atoms with van der Waals surface area (Å²) < 4.78 is 50.9. The maximum atomic E-state index is 12.7. The molecule has 2 heterocycles. The molecule has 24 heavy (non-hydrogen) atoms. The topological polar surface area (TPSA) is 104 Å². The molecule has 2 rings (SSSR count). The predicted octanol–water partition coefficient (Wildman–Crippen LogP) is -0.412. The van der Waals surface area contributed by atoms with Crippen LogP contribution in [0.5, 0.6) is 0 Å². The lowest BCUT2D eigenvalue weighted by atomic mass is 10.0. The van der Waals surface area contributed by atoms with Gasteiger partial charge in [0.1, 0.15) is 0 Å². The number of nitrogens with zero attached hydrogens (tertiary/aromatic N) is 2. The van der Waals surface area contributed by atoms with Crippen molar-refractivity contribution in [3.05, 3.63) is 0 Å². The third-order valence-corrected chi connectivity index (χ3v) is 8.33. The fourth-order valence-corrected chi connectivity index (χ4v) is 6.63. The summed E-state index contributed by atoms with van der Waals surface area (Å²) in [5.74, 6) is -0.141. The van der Waals surface area contributed by atoms with Gasteiger partial charge in [0, 0.05) is 25.7 Å². The van der Waals surface area contributed by atoms with Gasteiger partial charge in [0.05, 0.1) is 18.1 Å². The molecule has 0 aromatic heterocycles. The van der Waals surface area contributed by atoms with E-state index >= 15 is 0 Å². The van der Waals surface area contributed by atoms with Crippen LogP contribution in [-0.2, 0) is 24.8 Å². The van der Waals surface area contributed by atoms with E-state index in [0.29, 0.717) is 25.4 Å². The second kappa shape index (κ2) is 7.67. The Morgan fingerprint density at radius 1 is 1.33 bits per heavy atom. The quantitative estimate of drug-likeness (QED) is 0.673. The standard InChI is InChI=1S/C14H27N3O5S2/c1-3-16(24(21,22)17-7-4-5-12(2)9-17)10-14(18)15-13-6-8-23(19,20)11-13/h12-13H,3-11H2,1-2H3,(H,15,18)/t12-,13+/m1/s1. The largest absolute Gasteiger partial charge is 0.351 e. The summed E-state index contributed by atoms with van der Waals surface area (Å²) in [6.07, 6.45) is 2.22. The van der Waals surface area contributed by atoms with E-state index in [2.05, 4.69) is 5.32 Å². The van der Waals surface area contributed by atoms with Crippen LogP contribution in [0.25, 0.3) is 0 Å². The number of carbonyl (C=O) groups is 1. The molecule has 1 amide bonds. The van der Waals surface area contributed by atoms with E-state index in [1.807, 2.05) is 6.92 Å². The summed E-state index contributed by atoms with van der Waals surface area (Å²) in [7, 11) is -6.75. The van der Waals surface area contributed by atoms with E-state index in [1.54, 1.807) is 6.92 Å². The number of sulfone groups is 1. The molecular formula is C14H27N3O5S2. The van der Waals surface area contributed by atoms with Crippen LogP contribution in [0.4, 0.5) is 0 Å². The second-order valence-electron chi connectivity index (χ2n) is 6.71. The number of amides is 1. The van der Waals surface area contributed by atoms with Crippen molar-refractivity contribution in [3.8, 4) is 0 Å². The zero-order valence-electron chi connectivity index (χ0n) is 14.3. The first-order chi connectivity index (χ1) is 11.1. The van der Waals surface area contributed by atoms with Gasteiger partial charge in [0.2, 0.25) is 5.91 Å². The zero-order valence-corrected chi connectivity index (χ0v) is 15.9. The van der Waals surface area contributed by atoms with Gasteiger partial charge >= 0.3 is 0 Å². The van der Waals surface area contributed by atoms with Gasteiger partial charge in [-0.15, -0.1) is 0 Å². The van der Waals surface area contributed by atoms with Crippen molar-refractivity contribution in [1.82, 2.24) is 13.9 Å². The molecule has 0 saturated carbocycles. The number of nitrogens with one attached hydrogen (secondary N) is 1. The maximum absolute atomic E-state index is 12.7. The van der Waals surface area contributed by atoms with Crippen molar-refractivity contribution < 1.29 is 21.6 Å². The Balaban J connectivity index is 1.96. The Hall–Kier alpha value is -0.710. The summed E-state index contributed by atoms with van der Waals surface area (Å²) in [5.41, 5.74) is 0. The number of hydrogen-bond acceptors (Lipinski definition) is 5. The van der Waals surface area contributed by atoms with Crippen LogP contribution in [0.2, 0.25) is 0 Å². The Morgan fingerprint density at radius 3 is 2.58 bits per heavy atom. The van der Waals surface area contributed by atoms with Crippen molar-refractivity contribution in [2.45, 2.75) is 39.2 Å².